The van der Waals surface area contributed by atoms with Crippen molar-refractivity contribution < 1.29 is 28.8 Å². The Kier molecular flexibility index (Phi) is 13.2. The number of carbonyl (C=O) groups is 6. The van der Waals surface area contributed by atoms with Crippen molar-refractivity contribution in [2.75, 3.05) is 32.7 Å². The SMILES string of the molecule is O=C(C[C@H]1C[C@@H]1c1ccccc1)[C@@H]1CN(C(=O)c2ccc(-c3ccc(C(=O)N4C[C@@H](C(=O)NC[C@H]5C[C@@H]5c5ccccc5)[C@H](C(=O)N[C@H]5C[C@@H]5c5ccccc5)C4)cc3)cc2)C[C@H]1C(=O)N[C@H]1C[C@@H]1c1ccccc1. The fourth-order valence-corrected chi connectivity index (χ4v) is 12.4. The molecule has 6 aromatic rings. The van der Waals surface area contributed by atoms with Crippen LogP contribution in [0.1, 0.15) is 98.7 Å². The first kappa shape index (κ1) is 48.3. The van der Waals surface area contributed by atoms with Gasteiger partial charge < -0.3 is 25.8 Å². The second-order valence-electron chi connectivity index (χ2n) is 22.2. The van der Waals surface area contributed by atoms with Crippen LogP contribution in [-0.2, 0) is 19.2 Å². The molecule has 12 atom stereocenters. The molecule has 2 saturated heterocycles. The lowest BCUT2D eigenvalue weighted by molar-refractivity contribution is -0.133. The van der Waals surface area contributed by atoms with Crippen molar-refractivity contribution in [1.82, 2.24) is 25.8 Å². The molecule has 0 spiro atoms. The number of carbonyl (C=O) groups excluding carboxylic acids is 6. The normalized spacial score (nSPS) is 27.9. The van der Waals surface area contributed by atoms with Crippen LogP contribution in [0.25, 0.3) is 11.1 Å². The largest absolute Gasteiger partial charge is 0.355 e. The molecule has 0 unspecified atom stereocenters. The summed E-state index contributed by atoms with van der Waals surface area (Å²) in [4.78, 5) is 87.8. The van der Waals surface area contributed by atoms with E-state index in [0.29, 0.717) is 41.8 Å². The topological polar surface area (TPSA) is 145 Å². The van der Waals surface area contributed by atoms with Crippen molar-refractivity contribution in [3.05, 3.63) is 203 Å². The van der Waals surface area contributed by atoms with Crippen LogP contribution in [0.2, 0.25) is 0 Å². The number of amides is 5. The maximum atomic E-state index is 14.2. The van der Waals surface area contributed by atoms with E-state index >= 15 is 0 Å². The Balaban J connectivity index is 0.689. The first-order valence-corrected chi connectivity index (χ1v) is 27.0. The quantitative estimate of drug-likeness (QED) is 0.0834. The molecule has 0 radical (unpaired) electrons. The first-order valence-electron chi connectivity index (χ1n) is 27.0. The van der Waals surface area contributed by atoms with Crippen LogP contribution in [0.3, 0.4) is 0 Å². The monoisotopic (exact) mass is 997 g/mol. The van der Waals surface area contributed by atoms with E-state index in [1.54, 1.807) is 34.1 Å². The number of likely N-dealkylation sites (tertiary alicyclic amines) is 2. The Bertz CT molecular complexity index is 3010. The van der Waals surface area contributed by atoms with E-state index in [4.69, 9.17) is 0 Å². The second kappa shape index (κ2) is 20.6. The number of Topliss-reactive ketones (excluding diaryl/α,β-unsaturated/α-hetero) is 1. The molecule has 6 aromatic carbocycles. The summed E-state index contributed by atoms with van der Waals surface area (Å²) in [5.74, 6) is -1.75. The fourth-order valence-electron chi connectivity index (χ4n) is 12.4. The Morgan fingerprint density at radius 2 is 0.747 bits per heavy atom. The molecule has 4 saturated carbocycles. The van der Waals surface area contributed by atoms with Gasteiger partial charge in [-0.15, -0.1) is 0 Å². The van der Waals surface area contributed by atoms with Gasteiger partial charge in [0, 0.05) is 80.1 Å². The molecule has 380 valence electrons. The minimum Gasteiger partial charge on any atom is -0.355 e. The third kappa shape index (κ3) is 10.6. The summed E-state index contributed by atoms with van der Waals surface area (Å²) in [6.07, 6.45) is 4.03. The van der Waals surface area contributed by atoms with E-state index in [0.717, 1.165) is 36.8 Å². The van der Waals surface area contributed by atoms with Gasteiger partial charge in [0.05, 0.1) is 17.8 Å². The summed E-state index contributed by atoms with van der Waals surface area (Å²) in [6, 6.07) is 55.5. The molecule has 11 heteroatoms. The zero-order chi connectivity index (χ0) is 51.2. The minimum atomic E-state index is -0.684. The predicted molar refractivity (Wildman–Crippen MR) is 286 cm³/mol. The van der Waals surface area contributed by atoms with Gasteiger partial charge in [0.1, 0.15) is 5.78 Å². The number of hydrogen-bond acceptors (Lipinski definition) is 6. The third-order valence-electron chi connectivity index (χ3n) is 17.2. The smallest absolute Gasteiger partial charge is 0.253 e. The van der Waals surface area contributed by atoms with Crippen molar-refractivity contribution in [2.45, 2.75) is 67.9 Å². The summed E-state index contributed by atoms with van der Waals surface area (Å²) in [6.45, 7) is 1.17. The molecule has 12 rings (SSSR count). The molecule has 4 aliphatic carbocycles. The fraction of sp³-hybridized carbons (Fsp3) is 0.344. The molecular weight excluding hydrogens is 935 g/mol. The molecule has 5 amide bonds. The van der Waals surface area contributed by atoms with Crippen LogP contribution in [0, 0.1) is 35.5 Å². The molecule has 0 aromatic heterocycles. The number of nitrogens with zero attached hydrogens (tertiary/aromatic N) is 2. The standard InChI is InChI=1S/C64H63N5O6/c70-59(31-47-29-49(47)41-13-5-1-6-14-41)53-35-68(36-54(53)61(72)66-57-32-51(57)43-17-9-3-10-18-43)63(74)45-25-21-39(22-26-45)40-23-27-46(28-24-40)64(75)69-37-55(60(71)65-34-48-30-50(48)42-15-7-2-8-16-42)56(38-69)62(73)67-58-33-52(58)44-19-11-4-12-20-44/h1-28,47-58H,29-38H2,(H,65,71)(H,66,72)(H,67,73)/t47-,48-,49-,50-,51-,52-,53-,54-,55-,56-,57+,58+/m1/s1. The molecule has 3 N–H and O–H groups in total. The van der Waals surface area contributed by atoms with Gasteiger partial charge in [-0.1, -0.05) is 146 Å². The maximum Gasteiger partial charge on any atom is 0.253 e. The van der Waals surface area contributed by atoms with Crippen molar-refractivity contribution in [3.8, 4) is 11.1 Å². The number of rotatable bonds is 17. The Hall–Kier alpha value is -7.66. The number of ketones is 1. The number of hydrogen-bond donors (Lipinski definition) is 3. The Morgan fingerprint density at radius 3 is 1.19 bits per heavy atom. The van der Waals surface area contributed by atoms with Crippen molar-refractivity contribution in [3.63, 3.8) is 0 Å². The Labute approximate surface area is 438 Å². The van der Waals surface area contributed by atoms with E-state index in [9.17, 15) is 28.8 Å². The summed E-state index contributed by atoms with van der Waals surface area (Å²) < 4.78 is 0. The zero-order valence-corrected chi connectivity index (χ0v) is 42.0. The van der Waals surface area contributed by atoms with Crippen molar-refractivity contribution in [1.29, 1.82) is 0 Å². The molecule has 75 heavy (non-hydrogen) atoms. The van der Waals surface area contributed by atoms with E-state index in [2.05, 4.69) is 64.5 Å². The third-order valence-corrected chi connectivity index (χ3v) is 17.2. The van der Waals surface area contributed by atoms with Crippen LogP contribution in [0.4, 0.5) is 0 Å². The lowest BCUT2D eigenvalue weighted by atomic mass is 9.88. The molecule has 6 aliphatic rings. The summed E-state index contributed by atoms with van der Waals surface area (Å²) in [7, 11) is 0. The highest BCUT2D eigenvalue weighted by Gasteiger charge is 2.50. The van der Waals surface area contributed by atoms with E-state index in [1.165, 1.54) is 22.3 Å². The molecule has 6 fully saturated rings. The van der Waals surface area contributed by atoms with Crippen LogP contribution in [0.5, 0.6) is 0 Å². The van der Waals surface area contributed by atoms with Crippen LogP contribution < -0.4 is 16.0 Å². The predicted octanol–water partition coefficient (Wildman–Crippen LogP) is 8.76. The van der Waals surface area contributed by atoms with Crippen LogP contribution in [-0.4, -0.2) is 89.9 Å². The molecule has 2 heterocycles. The van der Waals surface area contributed by atoms with Crippen LogP contribution >= 0.6 is 0 Å². The minimum absolute atomic E-state index is 0.00758. The van der Waals surface area contributed by atoms with E-state index in [-0.39, 0.29) is 91.3 Å². The molecule has 0 bridgehead atoms. The van der Waals surface area contributed by atoms with Gasteiger partial charge >= 0.3 is 0 Å². The average molecular weight is 998 g/mol. The van der Waals surface area contributed by atoms with Crippen LogP contribution in [0.15, 0.2) is 170 Å². The molecule has 2 aliphatic heterocycles. The van der Waals surface area contributed by atoms with Gasteiger partial charge in [-0.2, -0.15) is 0 Å². The van der Waals surface area contributed by atoms with Gasteiger partial charge in [-0.25, -0.2) is 0 Å². The zero-order valence-electron chi connectivity index (χ0n) is 42.0. The highest BCUT2D eigenvalue weighted by atomic mass is 16.2. The Morgan fingerprint density at radius 1 is 0.387 bits per heavy atom. The van der Waals surface area contributed by atoms with Gasteiger partial charge in [-0.3, -0.25) is 28.8 Å². The van der Waals surface area contributed by atoms with E-state index < -0.39 is 23.7 Å². The van der Waals surface area contributed by atoms with Crippen molar-refractivity contribution in [2.24, 2.45) is 35.5 Å². The molecule has 11 nitrogen and oxygen atoms in total. The van der Waals surface area contributed by atoms with E-state index in [1.807, 2.05) is 97.1 Å². The lowest BCUT2D eigenvalue weighted by Crippen LogP contribution is -2.43. The molecular formula is C64H63N5O6. The summed E-state index contributed by atoms with van der Waals surface area (Å²) >= 11 is 0. The highest BCUT2D eigenvalue weighted by Crippen LogP contribution is 2.51. The summed E-state index contributed by atoms with van der Waals surface area (Å²) in [5.41, 5.74) is 7.49. The van der Waals surface area contributed by atoms with Gasteiger partial charge in [0.15, 0.2) is 0 Å². The highest BCUT2D eigenvalue weighted by molar-refractivity contribution is 5.99. The van der Waals surface area contributed by atoms with Crippen molar-refractivity contribution >= 4 is 35.3 Å². The van der Waals surface area contributed by atoms with Gasteiger partial charge in [-0.05, 0) is 107 Å². The lowest BCUT2D eigenvalue weighted by Gasteiger charge is -2.18. The second-order valence-corrected chi connectivity index (χ2v) is 22.2. The number of benzene rings is 6. The van der Waals surface area contributed by atoms with Gasteiger partial charge in [0.25, 0.3) is 11.8 Å². The average Bonchev–Trinajstić information content (AvgIpc) is 4.39. The first-order chi connectivity index (χ1) is 36.6. The maximum absolute atomic E-state index is 14.2. The number of nitrogens with one attached hydrogen (secondary N) is 3. The summed E-state index contributed by atoms with van der Waals surface area (Å²) in [5, 5.41) is 9.62. The van der Waals surface area contributed by atoms with Gasteiger partial charge in [0.2, 0.25) is 17.7 Å².